The summed E-state index contributed by atoms with van der Waals surface area (Å²) < 4.78 is 15.8. The maximum absolute atomic E-state index is 12.8. The van der Waals surface area contributed by atoms with Gasteiger partial charge in [-0.3, -0.25) is 9.59 Å². The molecule has 148 valence electrons. The Balaban J connectivity index is 1.77. The molecule has 7 nitrogen and oxygen atoms in total. The van der Waals surface area contributed by atoms with E-state index in [2.05, 4.69) is 5.32 Å². The second-order valence-electron chi connectivity index (χ2n) is 6.56. The van der Waals surface area contributed by atoms with Crippen molar-refractivity contribution in [2.45, 2.75) is 13.0 Å². The highest BCUT2D eigenvalue weighted by Crippen LogP contribution is 2.23. The molecular formula is C21H24N2O5. The fraction of sp³-hybridized carbons (Fsp3) is 0.333. The van der Waals surface area contributed by atoms with Gasteiger partial charge in [0.2, 0.25) is 0 Å². The van der Waals surface area contributed by atoms with Crippen molar-refractivity contribution in [2.24, 2.45) is 0 Å². The number of carbonyl (C=O) groups is 2. The van der Waals surface area contributed by atoms with Gasteiger partial charge in [0, 0.05) is 29.4 Å². The molecule has 0 spiro atoms. The first-order valence-corrected chi connectivity index (χ1v) is 9.05. The average Bonchev–Trinajstić information content (AvgIpc) is 2.73. The van der Waals surface area contributed by atoms with Gasteiger partial charge in [0.15, 0.2) is 0 Å². The lowest BCUT2D eigenvalue weighted by atomic mass is 10.1. The highest BCUT2D eigenvalue weighted by Gasteiger charge is 2.25. The van der Waals surface area contributed by atoms with E-state index in [1.165, 1.54) is 14.2 Å². The van der Waals surface area contributed by atoms with Gasteiger partial charge in [-0.25, -0.2) is 0 Å². The van der Waals surface area contributed by atoms with Gasteiger partial charge in [0.1, 0.15) is 11.5 Å². The molecule has 0 saturated carbocycles. The molecule has 1 aliphatic rings. The summed E-state index contributed by atoms with van der Waals surface area (Å²) in [7, 11) is 3.05. The average molecular weight is 384 g/mol. The Morgan fingerprint density at radius 3 is 2.43 bits per heavy atom. The maximum atomic E-state index is 12.8. The molecule has 7 heteroatoms. The Labute approximate surface area is 164 Å². The number of amides is 2. The van der Waals surface area contributed by atoms with E-state index in [1.807, 2.05) is 6.92 Å². The van der Waals surface area contributed by atoms with E-state index in [0.29, 0.717) is 48.1 Å². The first kappa shape index (κ1) is 19.7. The zero-order valence-electron chi connectivity index (χ0n) is 16.2. The van der Waals surface area contributed by atoms with Crippen molar-refractivity contribution in [2.75, 3.05) is 39.3 Å². The lowest BCUT2D eigenvalue weighted by Crippen LogP contribution is -2.47. The Morgan fingerprint density at radius 1 is 1.07 bits per heavy atom. The third-order valence-electron chi connectivity index (χ3n) is 4.61. The highest BCUT2D eigenvalue weighted by molar-refractivity contribution is 6.05. The highest BCUT2D eigenvalue weighted by atomic mass is 16.5. The van der Waals surface area contributed by atoms with E-state index >= 15 is 0 Å². The summed E-state index contributed by atoms with van der Waals surface area (Å²) in [6, 6.07) is 11.9. The zero-order valence-corrected chi connectivity index (χ0v) is 16.2. The van der Waals surface area contributed by atoms with Crippen molar-refractivity contribution < 1.29 is 23.8 Å². The van der Waals surface area contributed by atoms with Crippen LogP contribution < -0.4 is 14.8 Å². The third-order valence-corrected chi connectivity index (χ3v) is 4.61. The van der Waals surface area contributed by atoms with Crippen molar-refractivity contribution in [3.63, 3.8) is 0 Å². The summed E-state index contributed by atoms with van der Waals surface area (Å²) in [5.74, 6) is 0.654. The monoisotopic (exact) mass is 384 g/mol. The van der Waals surface area contributed by atoms with Crippen LogP contribution in [-0.4, -0.2) is 56.7 Å². The maximum Gasteiger partial charge on any atom is 0.255 e. The fourth-order valence-corrected chi connectivity index (χ4v) is 3.07. The van der Waals surface area contributed by atoms with E-state index < -0.39 is 0 Å². The van der Waals surface area contributed by atoms with Gasteiger partial charge in [-0.15, -0.1) is 0 Å². The molecule has 1 saturated heterocycles. The number of rotatable bonds is 5. The van der Waals surface area contributed by atoms with Crippen molar-refractivity contribution >= 4 is 17.5 Å². The quantitative estimate of drug-likeness (QED) is 0.858. The fourth-order valence-electron chi connectivity index (χ4n) is 3.07. The summed E-state index contributed by atoms with van der Waals surface area (Å²) >= 11 is 0. The number of nitrogens with one attached hydrogen (secondary N) is 1. The van der Waals surface area contributed by atoms with Crippen LogP contribution in [-0.2, 0) is 4.74 Å². The molecule has 0 aromatic heterocycles. The molecule has 0 radical (unpaired) electrons. The number of hydrogen-bond donors (Lipinski definition) is 1. The topological polar surface area (TPSA) is 77.1 Å². The predicted octanol–water partition coefficient (Wildman–Crippen LogP) is 2.82. The van der Waals surface area contributed by atoms with Crippen LogP contribution in [0.1, 0.15) is 27.6 Å². The van der Waals surface area contributed by atoms with Crippen LogP contribution in [0, 0.1) is 0 Å². The van der Waals surface area contributed by atoms with Gasteiger partial charge >= 0.3 is 0 Å². The second kappa shape index (κ2) is 8.75. The molecule has 2 amide bonds. The molecule has 28 heavy (non-hydrogen) atoms. The van der Waals surface area contributed by atoms with Crippen molar-refractivity contribution in [1.82, 2.24) is 4.90 Å². The minimum absolute atomic E-state index is 0.0174. The number of anilines is 1. The SMILES string of the molecule is COc1cc(OC)cc(C(=O)Nc2cccc(C(=O)N3CCOCC3C)c2)c1. The van der Waals surface area contributed by atoms with Crippen molar-refractivity contribution in [3.05, 3.63) is 53.6 Å². The number of carbonyl (C=O) groups excluding carboxylic acids is 2. The molecule has 1 atom stereocenters. The van der Waals surface area contributed by atoms with Crippen LogP contribution in [0.15, 0.2) is 42.5 Å². The molecule has 0 bridgehead atoms. The lowest BCUT2D eigenvalue weighted by molar-refractivity contribution is 0.00359. The Hall–Kier alpha value is -3.06. The number of benzene rings is 2. The zero-order chi connectivity index (χ0) is 20.1. The molecule has 1 unspecified atom stereocenters. The standard InChI is InChI=1S/C21H24N2O5/c1-14-13-28-8-7-23(14)21(25)15-5-4-6-17(9-15)22-20(24)16-10-18(26-2)12-19(11-16)27-3/h4-6,9-12,14H,7-8,13H2,1-3H3,(H,22,24). The van der Waals surface area contributed by atoms with Crippen LogP contribution in [0.3, 0.4) is 0 Å². The number of hydrogen-bond acceptors (Lipinski definition) is 5. The molecule has 0 aliphatic carbocycles. The van der Waals surface area contributed by atoms with Gasteiger partial charge in [-0.05, 0) is 37.3 Å². The number of morpholine rings is 1. The van der Waals surface area contributed by atoms with Gasteiger partial charge in [0.05, 0.1) is 33.5 Å². The summed E-state index contributed by atoms with van der Waals surface area (Å²) in [4.78, 5) is 27.2. The summed E-state index contributed by atoms with van der Waals surface area (Å²) in [5.41, 5.74) is 1.46. The van der Waals surface area contributed by atoms with Gasteiger partial charge in [-0.1, -0.05) is 6.07 Å². The predicted molar refractivity (Wildman–Crippen MR) is 105 cm³/mol. The smallest absolute Gasteiger partial charge is 0.255 e. The van der Waals surface area contributed by atoms with E-state index in [1.54, 1.807) is 47.4 Å². The molecule has 1 fully saturated rings. The normalized spacial score (nSPS) is 16.4. The van der Waals surface area contributed by atoms with Crippen LogP contribution >= 0.6 is 0 Å². The summed E-state index contributed by atoms with van der Waals surface area (Å²) in [6.45, 7) is 3.57. The number of nitrogens with zero attached hydrogens (tertiary/aromatic N) is 1. The van der Waals surface area contributed by atoms with E-state index in [4.69, 9.17) is 14.2 Å². The minimum Gasteiger partial charge on any atom is -0.497 e. The molecule has 3 rings (SSSR count). The Kier molecular flexibility index (Phi) is 6.16. The van der Waals surface area contributed by atoms with Crippen molar-refractivity contribution in [3.8, 4) is 11.5 Å². The van der Waals surface area contributed by atoms with Crippen LogP contribution in [0.2, 0.25) is 0 Å². The van der Waals surface area contributed by atoms with Gasteiger partial charge < -0.3 is 24.4 Å². The Morgan fingerprint density at radius 2 is 1.79 bits per heavy atom. The molecular weight excluding hydrogens is 360 g/mol. The lowest BCUT2D eigenvalue weighted by Gasteiger charge is -2.33. The first-order valence-electron chi connectivity index (χ1n) is 9.05. The van der Waals surface area contributed by atoms with Crippen molar-refractivity contribution in [1.29, 1.82) is 0 Å². The molecule has 1 heterocycles. The van der Waals surface area contributed by atoms with E-state index in [0.717, 1.165) is 0 Å². The molecule has 1 N–H and O–H groups in total. The van der Waals surface area contributed by atoms with E-state index in [-0.39, 0.29) is 17.9 Å². The second-order valence-corrected chi connectivity index (χ2v) is 6.56. The summed E-state index contributed by atoms with van der Waals surface area (Å²) in [5, 5.41) is 2.82. The first-order chi connectivity index (χ1) is 13.5. The Bertz CT molecular complexity index is 845. The molecule has 1 aliphatic heterocycles. The third kappa shape index (κ3) is 4.43. The van der Waals surface area contributed by atoms with Gasteiger partial charge in [0.25, 0.3) is 11.8 Å². The van der Waals surface area contributed by atoms with E-state index in [9.17, 15) is 9.59 Å². The van der Waals surface area contributed by atoms with Crippen LogP contribution in [0.25, 0.3) is 0 Å². The van der Waals surface area contributed by atoms with Gasteiger partial charge in [-0.2, -0.15) is 0 Å². The molecule has 2 aromatic carbocycles. The minimum atomic E-state index is -0.318. The largest absolute Gasteiger partial charge is 0.497 e. The van der Waals surface area contributed by atoms with Crippen LogP contribution in [0.5, 0.6) is 11.5 Å². The molecule has 2 aromatic rings. The summed E-state index contributed by atoms with van der Waals surface area (Å²) in [6.07, 6.45) is 0. The number of methoxy groups -OCH3 is 2. The van der Waals surface area contributed by atoms with Crippen LogP contribution in [0.4, 0.5) is 5.69 Å². The number of ether oxygens (including phenoxy) is 3.